The molecular formula is C27H40N2O5. The van der Waals surface area contributed by atoms with Crippen molar-refractivity contribution in [2.45, 2.75) is 78.2 Å². The fourth-order valence-corrected chi connectivity index (χ4v) is 3.76. The van der Waals surface area contributed by atoms with Gasteiger partial charge in [-0.15, -0.1) is 0 Å². The van der Waals surface area contributed by atoms with Crippen LogP contribution in [0.1, 0.15) is 71.3 Å². The highest BCUT2D eigenvalue weighted by Gasteiger charge is 2.26. The van der Waals surface area contributed by atoms with Crippen molar-refractivity contribution in [3.8, 4) is 0 Å². The Balaban J connectivity index is 1.95. The standard InChI is InChI=1S/C27H40N2O5/c1-4-5-8-14-33-26(31)20(16-21-18-29-25-10-7-6-9-23(21)25)17-22(30)11-12-24(28)27(32)34-15-13-19(2)3/h6-7,9-10,18-20,24,29H,4-5,8,11-17,28H2,1-3H3/t20-,24+/m0/s1. The molecule has 0 spiro atoms. The van der Waals surface area contributed by atoms with Gasteiger partial charge in [-0.05, 0) is 43.2 Å². The Morgan fingerprint density at radius 2 is 1.74 bits per heavy atom. The summed E-state index contributed by atoms with van der Waals surface area (Å²) in [5.74, 6) is -1.10. The number of fused-ring (bicyclic) bond motifs is 1. The van der Waals surface area contributed by atoms with Crippen molar-refractivity contribution in [1.82, 2.24) is 4.98 Å². The van der Waals surface area contributed by atoms with E-state index >= 15 is 0 Å². The Kier molecular flexibility index (Phi) is 11.8. The third kappa shape index (κ3) is 9.29. The minimum atomic E-state index is -0.843. The van der Waals surface area contributed by atoms with E-state index in [-0.39, 0.29) is 31.0 Å². The second-order valence-corrected chi connectivity index (χ2v) is 9.37. The number of carbonyl (C=O) groups excluding carboxylic acids is 3. The number of benzene rings is 1. The van der Waals surface area contributed by atoms with Crippen LogP contribution in [0, 0.1) is 11.8 Å². The van der Waals surface area contributed by atoms with Crippen molar-refractivity contribution in [2.75, 3.05) is 13.2 Å². The number of unbranched alkanes of at least 4 members (excludes halogenated alkanes) is 2. The number of para-hydroxylation sites is 1. The molecule has 0 fully saturated rings. The summed E-state index contributed by atoms with van der Waals surface area (Å²) in [6, 6.07) is 7.03. The number of rotatable bonds is 16. The highest BCUT2D eigenvalue weighted by molar-refractivity contribution is 5.87. The SMILES string of the molecule is CCCCCOC(=O)[C@H](CC(=O)CC[C@@H](N)C(=O)OCCC(C)C)Cc1c[nH]c2ccccc12. The molecular weight excluding hydrogens is 432 g/mol. The average Bonchev–Trinajstić information content (AvgIpc) is 3.22. The van der Waals surface area contributed by atoms with Crippen molar-refractivity contribution in [3.63, 3.8) is 0 Å². The van der Waals surface area contributed by atoms with Gasteiger partial charge in [0.2, 0.25) is 0 Å². The number of hydrogen-bond acceptors (Lipinski definition) is 6. The molecule has 2 atom stereocenters. The summed E-state index contributed by atoms with van der Waals surface area (Å²) in [5, 5.41) is 1.03. The van der Waals surface area contributed by atoms with Crippen molar-refractivity contribution in [1.29, 1.82) is 0 Å². The van der Waals surface area contributed by atoms with Gasteiger partial charge >= 0.3 is 11.9 Å². The van der Waals surface area contributed by atoms with E-state index in [1.54, 1.807) is 0 Å². The van der Waals surface area contributed by atoms with Crippen LogP contribution >= 0.6 is 0 Å². The maximum Gasteiger partial charge on any atom is 0.322 e. The van der Waals surface area contributed by atoms with Gasteiger partial charge in [-0.25, -0.2) is 0 Å². The van der Waals surface area contributed by atoms with Crippen molar-refractivity contribution < 1.29 is 23.9 Å². The lowest BCUT2D eigenvalue weighted by molar-refractivity contribution is -0.150. The molecule has 1 heterocycles. The predicted octanol–water partition coefficient (Wildman–Crippen LogP) is 4.72. The number of aromatic nitrogens is 1. The zero-order valence-electron chi connectivity index (χ0n) is 20.8. The summed E-state index contributed by atoms with van der Waals surface area (Å²) in [4.78, 5) is 40.8. The number of nitrogens with two attached hydrogens (primary N) is 1. The van der Waals surface area contributed by atoms with E-state index < -0.39 is 17.9 Å². The molecule has 0 radical (unpaired) electrons. The number of H-pyrrole nitrogens is 1. The molecule has 0 aliphatic carbocycles. The van der Waals surface area contributed by atoms with Crippen LogP contribution in [0.25, 0.3) is 10.9 Å². The zero-order valence-corrected chi connectivity index (χ0v) is 20.8. The Bertz CT molecular complexity index is 921. The molecule has 0 bridgehead atoms. The number of ketones is 1. The van der Waals surface area contributed by atoms with Crippen LogP contribution in [0.5, 0.6) is 0 Å². The number of ether oxygens (including phenoxy) is 2. The topological polar surface area (TPSA) is 111 Å². The number of hydrogen-bond donors (Lipinski definition) is 2. The van der Waals surface area contributed by atoms with Crippen LogP contribution < -0.4 is 5.73 Å². The molecule has 1 aromatic carbocycles. The fraction of sp³-hybridized carbons (Fsp3) is 0.593. The molecule has 7 nitrogen and oxygen atoms in total. The largest absolute Gasteiger partial charge is 0.465 e. The van der Waals surface area contributed by atoms with E-state index in [1.165, 1.54) is 0 Å². The highest BCUT2D eigenvalue weighted by Crippen LogP contribution is 2.24. The van der Waals surface area contributed by atoms with E-state index in [1.807, 2.05) is 44.3 Å². The quantitative estimate of drug-likeness (QED) is 0.270. The van der Waals surface area contributed by atoms with E-state index in [2.05, 4.69) is 11.9 Å². The summed E-state index contributed by atoms with van der Waals surface area (Å²) < 4.78 is 10.7. The maximum absolute atomic E-state index is 12.8. The lowest BCUT2D eigenvalue weighted by Crippen LogP contribution is -2.33. The second-order valence-electron chi connectivity index (χ2n) is 9.37. The number of aromatic amines is 1. The molecule has 1 aromatic heterocycles. The number of esters is 2. The van der Waals surface area contributed by atoms with Crippen LogP contribution in [0.2, 0.25) is 0 Å². The van der Waals surface area contributed by atoms with Crippen molar-refractivity contribution in [3.05, 3.63) is 36.0 Å². The minimum absolute atomic E-state index is 0.0568. The summed E-state index contributed by atoms with van der Waals surface area (Å²) in [6.45, 7) is 6.88. The molecule has 3 N–H and O–H groups in total. The van der Waals surface area contributed by atoms with Gasteiger partial charge in [0.15, 0.2) is 0 Å². The van der Waals surface area contributed by atoms with Crippen LogP contribution in [-0.2, 0) is 30.3 Å². The predicted molar refractivity (Wildman–Crippen MR) is 133 cm³/mol. The van der Waals surface area contributed by atoms with E-state index in [0.717, 1.165) is 42.1 Å². The fourth-order valence-electron chi connectivity index (χ4n) is 3.76. The van der Waals surface area contributed by atoms with Gasteiger partial charge in [0, 0.05) is 29.9 Å². The zero-order chi connectivity index (χ0) is 24.9. The molecule has 34 heavy (non-hydrogen) atoms. The summed E-state index contributed by atoms with van der Waals surface area (Å²) in [5.41, 5.74) is 7.88. The Morgan fingerprint density at radius 3 is 2.47 bits per heavy atom. The summed E-state index contributed by atoms with van der Waals surface area (Å²) >= 11 is 0. The van der Waals surface area contributed by atoms with Gasteiger partial charge in [0.25, 0.3) is 0 Å². The minimum Gasteiger partial charge on any atom is -0.465 e. The van der Waals surface area contributed by atoms with Crippen molar-refractivity contribution >= 4 is 28.6 Å². The van der Waals surface area contributed by atoms with Gasteiger partial charge in [-0.3, -0.25) is 14.4 Å². The number of carbonyl (C=O) groups is 3. The molecule has 7 heteroatoms. The van der Waals surface area contributed by atoms with Gasteiger partial charge in [-0.1, -0.05) is 51.8 Å². The monoisotopic (exact) mass is 472 g/mol. The van der Waals surface area contributed by atoms with Crippen LogP contribution in [0.4, 0.5) is 0 Å². The molecule has 0 saturated carbocycles. The van der Waals surface area contributed by atoms with Crippen LogP contribution in [-0.4, -0.2) is 42.0 Å². The molecule has 0 aliphatic rings. The van der Waals surface area contributed by atoms with Crippen LogP contribution in [0.15, 0.2) is 30.5 Å². The molecule has 0 amide bonds. The molecule has 2 rings (SSSR count). The molecule has 188 valence electrons. The molecule has 2 aromatic rings. The second kappa shape index (κ2) is 14.6. The smallest absolute Gasteiger partial charge is 0.322 e. The van der Waals surface area contributed by atoms with Gasteiger partial charge in [0.05, 0.1) is 19.1 Å². The third-order valence-electron chi connectivity index (χ3n) is 5.92. The lowest BCUT2D eigenvalue weighted by atomic mass is 9.92. The first kappa shape index (κ1) is 27.6. The number of Topliss-reactive ketones (excluding diaryl/α,β-unsaturated/α-hetero) is 1. The van der Waals surface area contributed by atoms with E-state index in [9.17, 15) is 14.4 Å². The first-order chi connectivity index (χ1) is 16.3. The molecule has 0 unspecified atom stereocenters. The Morgan fingerprint density at radius 1 is 1.00 bits per heavy atom. The summed E-state index contributed by atoms with van der Waals surface area (Å²) in [6.07, 6.45) is 6.28. The Labute approximate surface area is 202 Å². The van der Waals surface area contributed by atoms with Crippen molar-refractivity contribution in [2.24, 2.45) is 17.6 Å². The van der Waals surface area contributed by atoms with E-state index in [4.69, 9.17) is 15.2 Å². The number of nitrogens with one attached hydrogen (secondary N) is 1. The average molecular weight is 473 g/mol. The highest BCUT2D eigenvalue weighted by atomic mass is 16.5. The Hall–Kier alpha value is -2.67. The lowest BCUT2D eigenvalue weighted by Gasteiger charge is -2.16. The van der Waals surface area contributed by atoms with Gasteiger partial charge < -0.3 is 20.2 Å². The normalized spacial score (nSPS) is 13.1. The first-order valence-electron chi connectivity index (χ1n) is 12.5. The van der Waals surface area contributed by atoms with Gasteiger partial charge in [0.1, 0.15) is 11.8 Å². The maximum atomic E-state index is 12.8. The summed E-state index contributed by atoms with van der Waals surface area (Å²) in [7, 11) is 0. The first-order valence-corrected chi connectivity index (χ1v) is 12.5. The van der Waals surface area contributed by atoms with Gasteiger partial charge in [-0.2, -0.15) is 0 Å². The van der Waals surface area contributed by atoms with E-state index in [0.29, 0.717) is 25.6 Å². The molecule has 0 saturated heterocycles. The van der Waals surface area contributed by atoms with Crippen LogP contribution in [0.3, 0.4) is 0 Å². The third-order valence-corrected chi connectivity index (χ3v) is 5.92. The molecule has 0 aliphatic heterocycles.